The monoisotopic (exact) mass is 1040 g/mol. The Morgan fingerprint density at radius 1 is 0.783 bits per heavy atom. The zero-order valence-electron chi connectivity index (χ0n) is 38.3. The van der Waals surface area contributed by atoms with Gasteiger partial charge in [0.05, 0.1) is 32.8 Å². The van der Waals surface area contributed by atoms with Crippen LogP contribution in [0.15, 0.2) is 117 Å². The molecule has 15 nitrogen and oxygen atoms in total. The summed E-state index contributed by atoms with van der Waals surface area (Å²) in [5.41, 5.74) is 5.05. The van der Waals surface area contributed by atoms with Gasteiger partial charge in [-0.05, 0) is 114 Å². The minimum absolute atomic E-state index is 0.0409. The Hall–Kier alpha value is -4.72. The summed E-state index contributed by atoms with van der Waals surface area (Å²) in [5.74, 6) is 1.72. The van der Waals surface area contributed by atoms with E-state index in [1.54, 1.807) is 24.3 Å². The van der Waals surface area contributed by atoms with E-state index in [0.717, 1.165) is 55.8 Å². The Bertz CT molecular complexity index is 3440. The van der Waals surface area contributed by atoms with Crippen molar-refractivity contribution in [2.24, 2.45) is 0 Å². The number of allylic oxidation sites excluding steroid dienone is 6. The van der Waals surface area contributed by atoms with E-state index >= 15 is 0 Å². The van der Waals surface area contributed by atoms with Crippen LogP contribution in [-0.2, 0) is 56.0 Å². The topological polar surface area (TPSA) is 236 Å². The van der Waals surface area contributed by atoms with Crippen LogP contribution in [-0.4, -0.2) is 99.5 Å². The second kappa shape index (κ2) is 19.5. The van der Waals surface area contributed by atoms with Gasteiger partial charge in [0.2, 0.25) is 5.69 Å². The summed E-state index contributed by atoms with van der Waals surface area (Å²) in [6.45, 7) is 8.86. The second-order valence-electron chi connectivity index (χ2n) is 18.5. The van der Waals surface area contributed by atoms with E-state index in [1.807, 2.05) is 64.1 Å². The van der Waals surface area contributed by atoms with Crippen molar-refractivity contribution in [2.45, 2.75) is 92.9 Å². The van der Waals surface area contributed by atoms with Gasteiger partial charge in [0.15, 0.2) is 5.71 Å². The minimum Gasteiger partial charge on any atom is -0.744 e. The number of nitrogens with zero attached hydrogens (tertiary/aromatic N) is 2. The minimum atomic E-state index is -4.73. The summed E-state index contributed by atoms with van der Waals surface area (Å²) in [7, 11) is -17.6. The van der Waals surface area contributed by atoms with Gasteiger partial charge in [-0.2, -0.15) is 29.8 Å². The Morgan fingerprint density at radius 3 is 2.01 bits per heavy atom. The fourth-order valence-corrected chi connectivity index (χ4v) is 12.4. The summed E-state index contributed by atoms with van der Waals surface area (Å²) < 4.78 is 143. The van der Waals surface area contributed by atoms with Gasteiger partial charge in [0.25, 0.3) is 30.4 Å². The zero-order chi connectivity index (χ0) is 50.5. The molecule has 4 aromatic carbocycles. The lowest BCUT2D eigenvalue weighted by Crippen LogP contribution is -2.28. The van der Waals surface area contributed by atoms with Gasteiger partial charge in [0, 0.05) is 65.3 Å². The number of unbranched alkanes of at least 4 members (excludes halogenated alkanes) is 2. The number of terminal acetylenes is 1. The van der Waals surface area contributed by atoms with E-state index < -0.39 is 62.8 Å². The maximum atomic E-state index is 12.1. The molecule has 1 atom stereocenters. The molecule has 0 saturated carbocycles. The third-order valence-corrected chi connectivity index (χ3v) is 16.8. The van der Waals surface area contributed by atoms with E-state index in [1.165, 1.54) is 24.3 Å². The number of fused-ring (bicyclic) bond motifs is 6. The molecular weight excluding hydrogens is 988 g/mol. The van der Waals surface area contributed by atoms with Gasteiger partial charge in [-0.15, -0.1) is 6.42 Å². The van der Waals surface area contributed by atoms with Crippen molar-refractivity contribution in [1.82, 2.24) is 0 Å². The van der Waals surface area contributed by atoms with Crippen molar-refractivity contribution in [3.63, 3.8) is 0 Å². The summed E-state index contributed by atoms with van der Waals surface area (Å²) in [4.78, 5) is 1.46. The Balaban J connectivity index is 1.32. The molecule has 3 aliphatic rings. The van der Waals surface area contributed by atoms with Crippen molar-refractivity contribution < 1.29 is 61.2 Å². The van der Waals surface area contributed by atoms with E-state index in [4.69, 9.17) is 22.8 Å². The third-order valence-electron chi connectivity index (χ3n) is 13.0. The quantitative estimate of drug-likeness (QED) is 0.0390. The SMILES string of the molecule is C#CCOC1CC(/C=C/C2=[N+](CCCCS(=O)(=O)O)c3ccc4cc(S(=O)(=O)O)ccc4c3C2(C)C)=C(Cl)C(=C/C=C2\N(CCCCS(=O)(=O)O)c3ccc4cc(S(=O)(=O)[O-])ccc4c3C2(C)C)/C1. The molecule has 1 unspecified atom stereocenters. The molecule has 1 aliphatic carbocycles. The molecule has 4 aromatic rings. The van der Waals surface area contributed by atoms with Crippen molar-refractivity contribution in [3.05, 3.63) is 118 Å². The van der Waals surface area contributed by atoms with E-state index in [0.29, 0.717) is 54.6 Å². The highest BCUT2D eigenvalue weighted by Crippen LogP contribution is 2.52. The number of hydrogen-bond acceptors (Lipinski definition) is 11. The first-order chi connectivity index (χ1) is 32.1. The maximum absolute atomic E-state index is 12.1. The average Bonchev–Trinajstić information content (AvgIpc) is 3.61. The van der Waals surface area contributed by atoms with Gasteiger partial charge in [0.1, 0.15) is 23.3 Å². The van der Waals surface area contributed by atoms with Crippen LogP contribution in [0.3, 0.4) is 0 Å². The first kappa shape index (κ1) is 52.1. The molecule has 0 saturated heterocycles. The normalized spacial score (nSPS) is 19.7. The molecular formula is C49H53ClN2O13S4. The summed E-state index contributed by atoms with van der Waals surface area (Å²) in [6.07, 6.45) is 14.9. The van der Waals surface area contributed by atoms with Gasteiger partial charge >= 0.3 is 0 Å². The van der Waals surface area contributed by atoms with Crippen LogP contribution in [0, 0.1) is 12.3 Å². The summed E-state index contributed by atoms with van der Waals surface area (Å²) in [6, 6.07) is 15.9. The largest absolute Gasteiger partial charge is 0.744 e. The van der Waals surface area contributed by atoms with Crippen molar-refractivity contribution in [3.8, 4) is 12.3 Å². The van der Waals surface area contributed by atoms with E-state index in [9.17, 15) is 51.9 Å². The molecule has 20 heteroatoms. The molecule has 0 spiro atoms. The van der Waals surface area contributed by atoms with Crippen LogP contribution in [0.5, 0.6) is 0 Å². The standard InChI is InChI=1S/C49H53ClN2O13S4/c1-6-25-65-36-28-34(13-21-43-48(2,3)45-39-17-15-37(68(59,60)61)30-32(39)11-19-41(45)51(43)23-7-9-26-66(53,54)55)47(50)35(29-36)14-22-44-49(4,5)46-40-18-16-38(69(62,63)64)31-33(40)12-20-42(46)52(44)24-8-10-27-67(56,57)58/h1,11-22,30-31,36H,7-10,23-29H2,2-5H3,(H3-,53,54,55,56,57,58,59,60,61,62,63,64). The lowest BCUT2D eigenvalue weighted by atomic mass is 9.78. The number of halogens is 1. The molecule has 2 heterocycles. The predicted octanol–water partition coefficient (Wildman–Crippen LogP) is 8.33. The van der Waals surface area contributed by atoms with Crippen molar-refractivity contribution >= 4 is 90.7 Å². The molecule has 0 radical (unpaired) electrons. The highest BCUT2D eigenvalue weighted by atomic mass is 35.5. The number of benzene rings is 4. The van der Waals surface area contributed by atoms with Crippen LogP contribution in [0.1, 0.15) is 77.3 Å². The van der Waals surface area contributed by atoms with Gasteiger partial charge in [-0.1, -0.05) is 61.7 Å². The first-order valence-corrected chi connectivity index (χ1v) is 28.5. The second-order valence-corrected chi connectivity index (χ2v) is 24.8. The van der Waals surface area contributed by atoms with E-state index in [2.05, 4.69) is 15.4 Å². The smallest absolute Gasteiger partial charge is 0.294 e. The lowest BCUT2D eigenvalue weighted by Gasteiger charge is -2.28. The summed E-state index contributed by atoms with van der Waals surface area (Å²) >= 11 is 7.36. The van der Waals surface area contributed by atoms with Crippen molar-refractivity contribution in [2.75, 3.05) is 36.1 Å². The fourth-order valence-electron chi connectivity index (χ4n) is 9.92. The number of rotatable bonds is 17. The third kappa shape index (κ3) is 11.3. The number of hydrogen-bond donors (Lipinski definition) is 3. The summed E-state index contributed by atoms with van der Waals surface area (Å²) in [5, 5.41) is 3.09. The lowest BCUT2D eigenvalue weighted by molar-refractivity contribution is -0.438. The molecule has 0 amide bonds. The molecule has 3 N–H and O–H groups in total. The Morgan fingerprint density at radius 2 is 1.39 bits per heavy atom. The number of ether oxygens (including phenoxy) is 1. The molecule has 2 aliphatic heterocycles. The van der Waals surface area contributed by atoms with Crippen LogP contribution in [0.4, 0.5) is 11.4 Å². The molecule has 368 valence electrons. The van der Waals surface area contributed by atoms with Crippen LogP contribution in [0.25, 0.3) is 21.5 Å². The van der Waals surface area contributed by atoms with Crippen LogP contribution >= 0.6 is 11.6 Å². The molecule has 0 bridgehead atoms. The molecule has 0 fully saturated rings. The number of anilines is 1. The van der Waals surface area contributed by atoms with Gasteiger partial charge in [-0.3, -0.25) is 13.7 Å². The predicted molar refractivity (Wildman–Crippen MR) is 266 cm³/mol. The average molecular weight is 1040 g/mol. The zero-order valence-corrected chi connectivity index (χ0v) is 42.4. The fraction of sp³-hybridized carbons (Fsp3) is 0.367. The van der Waals surface area contributed by atoms with Crippen molar-refractivity contribution in [1.29, 1.82) is 0 Å². The highest BCUT2D eigenvalue weighted by molar-refractivity contribution is 7.86. The van der Waals surface area contributed by atoms with Gasteiger partial charge < -0.3 is 14.2 Å². The molecule has 0 aromatic heterocycles. The molecule has 7 rings (SSSR count). The highest BCUT2D eigenvalue weighted by Gasteiger charge is 2.46. The Kier molecular flexibility index (Phi) is 14.7. The van der Waals surface area contributed by atoms with Crippen LogP contribution in [0.2, 0.25) is 0 Å². The van der Waals surface area contributed by atoms with E-state index in [-0.39, 0.29) is 35.3 Å². The maximum Gasteiger partial charge on any atom is 0.294 e. The van der Waals surface area contributed by atoms with Gasteiger partial charge in [-0.25, -0.2) is 8.42 Å². The molecule has 69 heavy (non-hydrogen) atoms. The first-order valence-electron chi connectivity index (χ1n) is 22.1. The van der Waals surface area contributed by atoms with Crippen LogP contribution < -0.4 is 4.90 Å². The Labute approximate surface area is 408 Å².